The second-order valence-corrected chi connectivity index (χ2v) is 9.09. The maximum Gasteiger partial charge on any atom is 0.490 e. The number of carboxylic acids is 1. The number of halogens is 3. The summed E-state index contributed by atoms with van der Waals surface area (Å²) in [6, 6.07) is 0. The van der Waals surface area contributed by atoms with Gasteiger partial charge in [-0.25, -0.2) is 4.79 Å². The number of aryl methyl sites for hydroxylation is 1. The first kappa shape index (κ1) is 23.7. The van der Waals surface area contributed by atoms with E-state index in [4.69, 9.17) is 14.6 Å². The fraction of sp³-hybridized carbons (Fsp3) is 0.778. The van der Waals surface area contributed by atoms with E-state index in [0.717, 1.165) is 62.2 Å². The van der Waals surface area contributed by atoms with Crippen LogP contribution in [0.1, 0.15) is 17.8 Å². The van der Waals surface area contributed by atoms with Gasteiger partial charge in [-0.1, -0.05) is 11.3 Å². The van der Waals surface area contributed by atoms with Crippen LogP contribution >= 0.6 is 11.3 Å². The number of aliphatic carboxylic acids is 1. The summed E-state index contributed by atoms with van der Waals surface area (Å²) in [7, 11) is 2.10. The first-order valence-corrected chi connectivity index (χ1v) is 10.8. The molecule has 0 spiro atoms. The third-order valence-electron chi connectivity index (χ3n) is 5.67. The van der Waals surface area contributed by atoms with Gasteiger partial charge in [0.25, 0.3) is 5.91 Å². The highest BCUT2D eigenvalue weighted by molar-refractivity contribution is 7.15. The lowest BCUT2D eigenvalue weighted by Gasteiger charge is -2.34. The summed E-state index contributed by atoms with van der Waals surface area (Å²) in [6.07, 6.45) is -3.25. The second kappa shape index (κ2) is 9.65. The van der Waals surface area contributed by atoms with Crippen molar-refractivity contribution in [3.05, 3.63) is 5.01 Å². The maximum atomic E-state index is 12.8. The number of carboxylic acid groups (broad SMARTS) is 1. The molecule has 1 amide bonds. The number of ether oxygens (including phenoxy) is 1. The van der Waals surface area contributed by atoms with Crippen molar-refractivity contribution in [1.29, 1.82) is 0 Å². The van der Waals surface area contributed by atoms with Crippen LogP contribution < -0.4 is 4.90 Å². The van der Waals surface area contributed by atoms with Crippen molar-refractivity contribution in [2.75, 3.05) is 51.2 Å². The van der Waals surface area contributed by atoms with Crippen molar-refractivity contribution < 1.29 is 32.6 Å². The number of rotatable bonds is 2. The number of aromatic nitrogens is 2. The third kappa shape index (κ3) is 6.04. The van der Waals surface area contributed by atoms with E-state index in [9.17, 15) is 18.0 Å². The first-order valence-electron chi connectivity index (χ1n) is 10.0. The number of piperazine rings is 1. The number of piperidine rings is 1. The van der Waals surface area contributed by atoms with Crippen LogP contribution in [0.2, 0.25) is 0 Å². The summed E-state index contributed by atoms with van der Waals surface area (Å²) < 4.78 is 37.9. The fourth-order valence-corrected chi connectivity index (χ4v) is 4.63. The van der Waals surface area contributed by atoms with Gasteiger partial charge in [-0.2, -0.15) is 13.2 Å². The molecule has 174 valence electrons. The highest BCUT2D eigenvalue weighted by Crippen LogP contribution is 2.36. The number of likely N-dealkylation sites (N-methyl/N-ethyl adjacent to an activating group) is 1. The molecule has 0 unspecified atom stereocenters. The molecule has 9 nitrogen and oxygen atoms in total. The Labute approximate surface area is 181 Å². The molecule has 13 heteroatoms. The molecule has 3 aliphatic rings. The number of carbonyl (C=O) groups is 2. The molecule has 0 saturated carbocycles. The molecule has 4 heterocycles. The molecular weight excluding hydrogens is 439 g/mol. The molecule has 4 rings (SSSR count). The number of fused-ring (bicyclic) bond motifs is 1. The topological polar surface area (TPSA) is 99.1 Å². The van der Waals surface area contributed by atoms with E-state index in [1.165, 1.54) is 0 Å². The lowest BCUT2D eigenvalue weighted by Crippen LogP contribution is -2.50. The molecular formula is C18H26F3N5O4S. The van der Waals surface area contributed by atoms with Crippen LogP contribution in [0.3, 0.4) is 0 Å². The van der Waals surface area contributed by atoms with Crippen molar-refractivity contribution in [3.63, 3.8) is 0 Å². The van der Waals surface area contributed by atoms with Crippen molar-refractivity contribution in [2.45, 2.75) is 38.1 Å². The highest BCUT2D eigenvalue weighted by Gasteiger charge is 2.43. The Balaban J connectivity index is 0.000000339. The van der Waals surface area contributed by atoms with Gasteiger partial charge in [-0.15, -0.1) is 10.2 Å². The smallest absolute Gasteiger partial charge is 0.475 e. The molecule has 0 aromatic carbocycles. The average molecular weight is 465 g/mol. The molecule has 3 atom stereocenters. The van der Waals surface area contributed by atoms with Gasteiger partial charge in [0, 0.05) is 39.3 Å². The van der Waals surface area contributed by atoms with Gasteiger partial charge in [0.15, 0.2) is 0 Å². The molecule has 0 aliphatic carbocycles. The summed E-state index contributed by atoms with van der Waals surface area (Å²) in [5.41, 5.74) is 0. The van der Waals surface area contributed by atoms with Crippen molar-refractivity contribution in [1.82, 2.24) is 20.0 Å². The lowest BCUT2D eigenvalue weighted by atomic mass is 9.92. The molecule has 3 aliphatic heterocycles. The summed E-state index contributed by atoms with van der Waals surface area (Å²) in [6.45, 7) is 7.33. The quantitative estimate of drug-likeness (QED) is 0.697. The predicted molar refractivity (Wildman–Crippen MR) is 106 cm³/mol. The van der Waals surface area contributed by atoms with Crippen LogP contribution in [0.4, 0.5) is 18.3 Å². The standard InChI is InChI=1S/C16H25N5O2S.C2HF3O2/c1-11-17-18-16(24-11)21-4-3-12-9-13(23-14(12)10-21)15(22)20-7-5-19(2)6-8-20;3-2(4,5)1(6)7/h12-14H,3-10H2,1-2H3;(H,6,7)/t12-,13-,14+;/m0./s1. The Morgan fingerprint density at radius 3 is 2.35 bits per heavy atom. The Kier molecular flexibility index (Phi) is 7.37. The lowest BCUT2D eigenvalue weighted by molar-refractivity contribution is -0.192. The minimum absolute atomic E-state index is 0.143. The van der Waals surface area contributed by atoms with Crippen molar-refractivity contribution in [2.24, 2.45) is 5.92 Å². The van der Waals surface area contributed by atoms with Crippen LogP contribution in [-0.4, -0.2) is 102 Å². The molecule has 0 radical (unpaired) electrons. The molecule has 3 saturated heterocycles. The highest BCUT2D eigenvalue weighted by atomic mass is 32.1. The molecule has 31 heavy (non-hydrogen) atoms. The summed E-state index contributed by atoms with van der Waals surface area (Å²) in [4.78, 5) is 28.2. The predicted octanol–water partition coefficient (Wildman–Crippen LogP) is 1.24. The molecule has 3 fully saturated rings. The summed E-state index contributed by atoms with van der Waals surface area (Å²) in [5.74, 6) is -2.07. The molecule has 1 aromatic heterocycles. The SMILES string of the molecule is Cc1nnc(N2CC[C@H]3C[C@@H](C(=O)N4CCN(C)CC4)O[C@@H]3C2)s1.O=C(O)C(F)(F)F. The first-order chi connectivity index (χ1) is 14.5. The fourth-order valence-electron chi connectivity index (χ4n) is 3.91. The summed E-state index contributed by atoms with van der Waals surface area (Å²) >= 11 is 1.63. The Hall–Kier alpha value is -1.99. The van der Waals surface area contributed by atoms with Crippen LogP contribution in [0.5, 0.6) is 0 Å². The minimum atomic E-state index is -5.08. The zero-order valence-electron chi connectivity index (χ0n) is 17.3. The minimum Gasteiger partial charge on any atom is -0.475 e. The normalized spacial score (nSPS) is 26.8. The molecule has 1 N–H and O–H groups in total. The van der Waals surface area contributed by atoms with Gasteiger partial charge in [0.1, 0.15) is 11.1 Å². The van der Waals surface area contributed by atoms with Crippen LogP contribution in [0.25, 0.3) is 0 Å². The van der Waals surface area contributed by atoms with Gasteiger partial charge < -0.3 is 24.5 Å². The van der Waals surface area contributed by atoms with Crippen LogP contribution in [-0.2, 0) is 14.3 Å². The number of amides is 1. The monoisotopic (exact) mass is 465 g/mol. The van der Waals surface area contributed by atoms with Gasteiger partial charge >= 0.3 is 12.1 Å². The van der Waals surface area contributed by atoms with Gasteiger partial charge in [-0.05, 0) is 32.7 Å². The average Bonchev–Trinajstić information content (AvgIpc) is 3.33. The number of anilines is 1. The molecule has 0 bridgehead atoms. The zero-order valence-corrected chi connectivity index (χ0v) is 18.2. The van der Waals surface area contributed by atoms with Crippen molar-refractivity contribution in [3.8, 4) is 0 Å². The van der Waals surface area contributed by atoms with Gasteiger partial charge in [0.2, 0.25) is 5.13 Å². The van der Waals surface area contributed by atoms with Gasteiger partial charge in [-0.3, -0.25) is 4.79 Å². The number of hydrogen-bond acceptors (Lipinski definition) is 8. The largest absolute Gasteiger partial charge is 0.490 e. The van der Waals surface area contributed by atoms with Gasteiger partial charge in [0.05, 0.1) is 6.10 Å². The third-order valence-corrected chi connectivity index (χ3v) is 6.57. The van der Waals surface area contributed by atoms with Crippen molar-refractivity contribution >= 4 is 28.3 Å². The van der Waals surface area contributed by atoms with E-state index in [2.05, 4.69) is 27.0 Å². The summed E-state index contributed by atoms with van der Waals surface area (Å²) in [5, 5.41) is 17.4. The number of nitrogens with zero attached hydrogens (tertiary/aromatic N) is 5. The van der Waals surface area contributed by atoms with E-state index in [1.54, 1.807) is 11.3 Å². The zero-order chi connectivity index (χ0) is 22.8. The maximum absolute atomic E-state index is 12.8. The second-order valence-electron chi connectivity index (χ2n) is 7.93. The van der Waals surface area contributed by atoms with Crippen LogP contribution in [0.15, 0.2) is 0 Å². The number of hydrogen-bond donors (Lipinski definition) is 1. The Morgan fingerprint density at radius 2 is 1.81 bits per heavy atom. The Morgan fingerprint density at radius 1 is 1.16 bits per heavy atom. The number of carbonyl (C=O) groups excluding carboxylic acids is 1. The van der Waals surface area contributed by atoms with E-state index in [-0.39, 0.29) is 18.1 Å². The van der Waals surface area contributed by atoms with E-state index < -0.39 is 12.1 Å². The number of alkyl halides is 3. The van der Waals surface area contributed by atoms with E-state index in [1.807, 2.05) is 11.8 Å². The Bertz CT molecular complexity index is 784. The molecule has 1 aromatic rings. The van der Waals surface area contributed by atoms with E-state index >= 15 is 0 Å². The van der Waals surface area contributed by atoms with Crippen LogP contribution in [0, 0.1) is 12.8 Å². The van der Waals surface area contributed by atoms with E-state index in [0.29, 0.717) is 5.92 Å².